The van der Waals surface area contributed by atoms with E-state index in [0.717, 1.165) is 25.8 Å². The van der Waals surface area contributed by atoms with Crippen LogP contribution in [0.3, 0.4) is 0 Å². The number of hydrogen-bond donors (Lipinski definition) is 1. The number of nitrogens with one attached hydrogen (secondary N) is 1. The third-order valence-corrected chi connectivity index (χ3v) is 2.49. The molecule has 2 atom stereocenters. The number of rotatable bonds is 3. The highest BCUT2D eigenvalue weighted by atomic mass is 16.5. The van der Waals surface area contributed by atoms with E-state index in [1.54, 1.807) is 0 Å². The van der Waals surface area contributed by atoms with Gasteiger partial charge in [-0.1, -0.05) is 13.3 Å². The molecule has 0 spiro atoms. The summed E-state index contributed by atoms with van der Waals surface area (Å²) in [4.78, 5) is 11.5. The van der Waals surface area contributed by atoms with Gasteiger partial charge < -0.3 is 10.1 Å². The number of hydrogen-bond acceptors (Lipinski definition) is 3. The van der Waals surface area contributed by atoms with Crippen LogP contribution in [0.1, 0.15) is 39.5 Å². The van der Waals surface area contributed by atoms with Gasteiger partial charge in [0.1, 0.15) is 6.04 Å². The Balaban J connectivity index is 2.29. The molecule has 0 radical (unpaired) electrons. The van der Waals surface area contributed by atoms with Gasteiger partial charge in [0, 0.05) is 0 Å². The average molecular weight is 185 g/mol. The first-order valence-corrected chi connectivity index (χ1v) is 5.18. The first kappa shape index (κ1) is 10.5. The van der Waals surface area contributed by atoms with Crippen LogP contribution in [0.4, 0.5) is 0 Å². The molecule has 1 aliphatic rings. The molecule has 1 aliphatic heterocycles. The maximum atomic E-state index is 11.5. The number of esters is 1. The Morgan fingerprint density at radius 1 is 1.62 bits per heavy atom. The van der Waals surface area contributed by atoms with Crippen LogP contribution in [-0.4, -0.2) is 24.7 Å². The third kappa shape index (κ3) is 3.35. The summed E-state index contributed by atoms with van der Waals surface area (Å²) < 4.78 is 5.24. The maximum Gasteiger partial charge on any atom is 0.323 e. The zero-order chi connectivity index (χ0) is 9.68. The van der Waals surface area contributed by atoms with E-state index < -0.39 is 0 Å². The van der Waals surface area contributed by atoms with Crippen molar-refractivity contribution in [3.05, 3.63) is 0 Å². The molecular formula is C10H19NO2. The lowest BCUT2D eigenvalue weighted by atomic mass is 10.1. The molecule has 76 valence electrons. The van der Waals surface area contributed by atoms with Crippen LogP contribution in [0.2, 0.25) is 0 Å². The zero-order valence-electron chi connectivity index (χ0n) is 8.51. The van der Waals surface area contributed by atoms with Gasteiger partial charge in [0.05, 0.1) is 6.10 Å². The number of carbonyl (C=O) groups is 1. The number of carbonyl (C=O) groups excluding carboxylic acids is 1. The molecule has 0 aliphatic carbocycles. The van der Waals surface area contributed by atoms with E-state index in [-0.39, 0.29) is 18.1 Å². The van der Waals surface area contributed by atoms with E-state index in [4.69, 9.17) is 4.74 Å². The zero-order valence-corrected chi connectivity index (χ0v) is 8.51. The maximum absolute atomic E-state index is 11.5. The van der Waals surface area contributed by atoms with Gasteiger partial charge in [-0.2, -0.15) is 0 Å². The Hall–Kier alpha value is -0.570. The van der Waals surface area contributed by atoms with Gasteiger partial charge >= 0.3 is 5.97 Å². The second kappa shape index (κ2) is 5.22. The molecule has 1 rings (SSSR count). The fourth-order valence-electron chi connectivity index (χ4n) is 1.42. The molecule has 13 heavy (non-hydrogen) atoms. The summed E-state index contributed by atoms with van der Waals surface area (Å²) in [5.41, 5.74) is 0. The highest BCUT2D eigenvalue weighted by Gasteiger charge is 2.22. The fraction of sp³-hybridized carbons (Fsp3) is 0.900. The van der Waals surface area contributed by atoms with Crippen molar-refractivity contribution in [3.63, 3.8) is 0 Å². The summed E-state index contributed by atoms with van der Waals surface area (Å²) in [7, 11) is 0. The lowest BCUT2D eigenvalue weighted by molar-refractivity contribution is -0.151. The molecule has 3 heteroatoms. The van der Waals surface area contributed by atoms with Gasteiger partial charge in [0.15, 0.2) is 0 Å². The van der Waals surface area contributed by atoms with Gasteiger partial charge in [-0.25, -0.2) is 0 Å². The van der Waals surface area contributed by atoms with E-state index in [0.29, 0.717) is 0 Å². The van der Waals surface area contributed by atoms with E-state index in [2.05, 4.69) is 5.32 Å². The van der Waals surface area contributed by atoms with Crippen LogP contribution in [0.5, 0.6) is 0 Å². The van der Waals surface area contributed by atoms with Crippen molar-refractivity contribution in [3.8, 4) is 0 Å². The van der Waals surface area contributed by atoms with Crippen molar-refractivity contribution >= 4 is 5.97 Å². The molecule has 1 unspecified atom stereocenters. The largest absolute Gasteiger partial charge is 0.462 e. The molecule has 1 fully saturated rings. The molecule has 3 nitrogen and oxygen atoms in total. The topological polar surface area (TPSA) is 38.3 Å². The predicted octanol–water partition coefficient (Wildman–Crippen LogP) is 1.47. The molecule has 0 bridgehead atoms. The van der Waals surface area contributed by atoms with Crippen LogP contribution < -0.4 is 5.32 Å². The molecule has 1 heterocycles. The van der Waals surface area contributed by atoms with Crippen LogP contribution in [0.15, 0.2) is 0 Å². The molecule has 1 saturated heterocycles. The molecule has 0 aromatic heterocycles. The van der Waals surface area contributed by atoms with Crippen molar-refractivity contribution in [1.82, 2.24) is 5.32 Å². The summed E-state index contributed by atoms with van der Waals surface area (Å²) in [6.45, 7) is 4.90. The summed E-state index contributed by atoms with van der Waals surface area (Å²) in [6, 6.07) is -0.0530. The van der Waals surface area contributed by atoms with Gasteiger partial charge in [-0.15, -0.1) is 0 Å². The van der Waals surface area contributed by atoms with Gasteiger partial charge in [-0.05, 0) is 32.7 Å². The smallest absolute Gasteiger partial charge is 0.323 e. The lowest BCUT2D eigenvalue weighted by Gasteiger charge is -2.23. The van der Waals surface area contributed by atoms with E-state index >= 15 is 0 Å². The summed E-state index contributed by atoms with van der Waals surface area (Å²) >= 11 is 0. The average Bonchev–Trinajstić information content (AvgIpc) is 2.19. The third-order valence-electron chi connectivity index (χ3n) is 2.49. The first-order chi connectivity index (χ1) is 6.24. The van der Waals surface area contributed by atoms with Crippen molar-refractivity contribution in [2.24, 2.45) is 0 Å². The quantitative estimate of drug-likeness (QED) is 0.677. The van der Waals surface area contributed by atoms with Crippen molar-refractivity contribution in [2.45, 2.75) is 51.7 Å². The normalized spacial score (nSPS) is 25.2. The van der Waals surface area contributed by atoms with Crippen LogP contribution in [0, 0.1) is 0 Å². The molecule has 0 aromatic carbocycles. The van der Waals surface area contributed by atoms with Crippen LogP contribution >= 0.6 is 0 Å². The predicted molar refractivity (Wildman–Crippen MR) is 51.5 cm³/mol. The Morgan fingerprint density at radius 2 is 2.38 bits per heavy atom. The summed E-state index contributed by atoms with van der Waals surface area (Å²) in [5.74, 6) is -0.0750. The second-order valence-electron chi connectivity index (χ2n) is 3.66. The Kier molecular flexibility index (Phi) is 4.22. The van der Waals surface area contributed by atoms with Gasteiger partial charge in [0.25, 0.3) is 0 Å². The van der Waals surface area contributed by atoms with Gasteiger partial charge in [-0.3, -0.25) is 4.79 Å². The second-order valence-corrected chi connectivity index (χ2v) is 3.66. The monoisotopic (exact) mass is 185 g/mol. The first-order valence-electron chi connectivity index (χ1n) is 5.18. The number of ether oxygens (including phenoxy) is 1. The fourth-order valence-corrected chi connectivity index (χ4v) is 1.42. The molecular weight excluding hydrogens is 166 g/mol. The summed E-state index contributed by atoms with van der Waals surface area (Å²) in [5, 5.41) is 3.17. The van der Waals surface area contributed by atoms with Gasteiger partial charge in [0.2, 0.25) is 0 Å². The SMILES string of the molecule is CC[C@H](C)OC(=O)C1CCCCN1. The molecule has 0 saturated carbocycles. The minimum Gasteiger partial charge on any atom is -0.462 e. The minimum absolute atomic E-state index is 0.0521. The van der Waals surface area contributed by atoms with Crippen LogP contribution in [-0.2, 0) is 9.53 Å². The summed E-state index contributed by atoms with van der Waals surface area (Å²) in [6.07, 6.45) is 4.17. The van der Waals surface area contributed by atoms with E-state index in [1.807, 2.05) is 13.8 Å². The molecule has 1 N–H and O–H groups in total. The standard InChI is InChI=1S/C10H19NO2/c1-3-8(2)13-10(12)9-6-4-5-7-11-9/h8-9,11H,3-7H2,1-2H3/t8-,9?/m0/s1. The minimum atomic E-state index is -0.0750. The van der Waals surface area contributed by atoms with E-state index in [9.17, 15) is 4.79 Å². The van der Waals surface area contributed by atoms with E-state index in [1.165, 1.54) is 6.42 Å². The Bertz CT molecular complexity index is 164. The Morgan fingerprint density at radius 3 is 2.92 bits per heavy atom. The van der Waals surface area contributed by atoms with Crippen molar-refractivity contribution < 1.29 is 9.53 Å². The molecule has 0 aromatic rings. The van der Waals surface area contributed by atoms with Crippen molar-refractivity contribution in [2.75, 3.05) is 6.54 Å². The molecule has 0 amide bonds. The highest BCUT2D eigenvalue weighted by molar-refractivity contribution is 5.76. The number of piperidine rings is 1. The lowest BCUT2D eigenvalue weighted by Crippen LogP contribution is -2.42. The van der Waals surface area contributed by atoms with Crippen LogP contribution in [0.25, 0.3) is 0 Å². The highest BCUT2D eigenvalue weighted by Crippen LogP contribution is 2.09. The Labute approximate surface area is 79.8 Å². The van der Waals surface area contributed by atoms with Crippen molar-refractivity contribution in [1.29, 1.82) is 0 Å².